The largest absolute Gasteiger partial charge is 0.508 e. The fourth-order valence-electron chi connectivity index (χ4n) is 3.72. The first-order chi connectivity index (χ1) is 12.9. The third-order valence-corrected chi connectivity index (χ3v) is 5.01. The quantitative estimate of drug-likeness (QED) is 0.699. The summed E-state index contributed by atoms with van der Waals surface area (Å²) >= 11 is 0. The Balaban J connectivity index is 2.15. The molecule has 2 N–H and O–H groups in total. The zero-order valence-electron chi connectivity index (χ0n) is 16.9. The van der Waals surface area contributed by atoms with Gasteiger partial charge in [0.25, 0.3) is 0 Å². The minimum atomic E-state index is -0.644. The number of aromatic hydroxyl groups is 1. The SMILES string of the molecule is CCCN(C)C(c1cccc(O)c1)C(C)(C)C(=O)NCCc1ccccc1. The van der Waals surface area contributed by atoms with Crippen LogP contribution in [0.5, 0.6) is 5.75 Å². The van der Waals surface area contributed by atoms with Crippen molar-refractivity contribution < 1.29 is 9.90 Å². The van der Waals surface area contributed by atoms with Gasteiger partial charge in [-0.2, -0.15) is 0 Å². The average Bonchev–Trinajstić information content (AvgIpc) is 2.62. The monoisotopic (exact) mass is 368 g/mol. The predicted octanol–water partition coefficient (Wildman–Crippen LogP) is 4.16. The molecule has 1 atom stereocenters. The van der Waals surface area contributed by atoms with E-state index in [-0.39, 0.29) is 17.7 Å². The van der Waals surface area contributed by atoms with E-state index in [9.17, 15) is 9.90 Å². The number of phenolic OH excluding ortho intramolecular Hbond substituents is 1. The number of rotatable bonds is 9. The van der Waals surface area contributed by atoms with E-state index in [1.165, 1.54) is 5.56 Å². The smallest absolute Gasteiger partial charge is 0.227 e. The minimum Gasteiger partial charge on any atom is -0.508 e. The Morgan fingerprint density at radius 1 is 1.15 bits per heavy atom. The Morgan fingerprint density at radius 2 is 1.85 bits per heavy atom. The minimum absolute atomic E-state index is 0.0229. The van der Waals surface area contributed by atoms with E-state index in [0.29, 0.717) is 6.54 Å². The molecule has 0 spiro atoms. The molecule has 2 aromatic carbocycles. The second-order valence-electron chi connectivity index (χ2n) is 7.69. The van der Waals surface area contributed by atoms with Crippen molar-refractivity contribution in [2.75, 3.05) is 20.1 Å². The second-order valence-corrected chi connectivity index (χ2v) is 7.69. The lowest BCUT2D eigenvalue weighted by atomic mass is 9.78. The number of nitrogens with one attached hydrogen (secondary N) is 1. The number of carbonyl (C=O) groups excluding carboxylic acids is 1. The van der Waals surface area contributed by atoms with Crippen LogP contribution in [0.25, 0.3) is 0 Å². The molecule has 27 heavy (non-hydrogen) atoms. The van der Waals surface area contributed by atoms with Gasteiger partial charge in [-0.25, -0.2) is 0 Å². The van der Waals surface area contributed by atoms with E-state index < -0.39 is 5.41 Å². The third kappa shape index (κ3) is 5.57. The van der Waals surface area contributed by atoms with Gasteiger partial charge in [0.05, 0.1) is 5.41 Å². The van der Waals surface area contributed by atoms with Crippen LogP contribution in [-0.2, 0) is 11.2 Å². The predicted molar refractivity (Wildman–Crippen MR) is 111 cm³/mol. The Bertz CT molecular complexity index is 728. The summed E-state index contributed by atoms with van der Waals surface area (Å²) in [6, 6.07) is 17.3. The van der Waals surface area contributed by atoms with Gasteiger partial charge >= 0.3 is 0 Å². The maximum atomic E-state index is 13.1. The molecule has 0 aliphatic heterocycles. The van der Waals surface area contributed by atoms with Crippen molar-refractivity contribution in [1.29, 1.82) is 0 Å². The van der Waals surface area contributed by atoms with E-state index in [0.717, 1.165) is 24.9 Å². The van der Waals surface area contributed by atoms with Gasteiger partial charge in [0, 0.05) is 12.6 Å². The van der Waals surface area contributed by atoms with Crippen molar-refractivity contribution in [3.8, 4) is 5.75 Å². The van der Waals surface area contributed by atoms with Gasteiger partial charge in [-0.3, -0.25) is 9.69 Å². The fraction of sp³-hybridized carbons (Fsp3) is 0.435. The zero-order valence-corrected chi connectivity index (χ0v) is 16.9. The number of amides is 1. The van der Waals surface area contributed by atoms with Crippen LogP contribution in [0.2, 0.25) is 0 Å². The van der Waals surface area contributed by atoms with E-state index in [1.54, 1.807) is 12.1 Å². The molecule has 1 amide bonds. The number of nitrogens with zero attached hydrogens (tertiary/aromatic N) is 1. The number of phenols is 1. The molecule has 4 nitrogen and oxygen atoms in total. The summed E-state index contributed by atoms with van der Waals surface area (Å²) in [5, 5.41) is 13.0. The number of benzene rings is 2. The van der Waals surface area contributed by atoms with Crippen molar-refractivity contribution >= 4 is 5.91 Å². The number of carbonyl (C=O) groups is 1. The highest BCUT2D eigenvalue weighted by Crippen LogP contribution is 2.39. The summed E-state index contributed by atoms with van der Waals surface area (Å²) in [6.45, 7) is 7.57. The first kappa shape index (κ1) is 21.0. The molecule has 2 rings (SSSR count). The summed E-state index contributed by atoms with van der Waals surface area (Å²) in [6.07, 6.45) is 1.81. The molecular formula is C23H32N2O2. The van der Waals surface area contributed by atoms with Gasteiger partial charge in [0.1, 0.15) is 5.75 Å². The topological polar surface area (TPSA) is 52.6 Å². The fourth-order valence-corrected chi connectivity index (χ4v) is 3.72. The Morgan fingerprint density at radius 3 is 2.48 bits per heavy atom. The summed E-state index contributed by atoms with van der Waals surface area (Å²) < 4.78 is 0. The molecule has 0 radical (unpaired) electrons. The molecule has 0 aromatic heterocycles. The molecule has 0 heterocycles. The van der Waals surface area contributed by atoms with Crippen molar-refractivity contribution in [2.24, 2.45) is 5.41 Å². The molecule has 2 aromatic rings. The van der Waals surface area contributed by atoms with Crippen molar-refractivity contribution in [2.45, 2.75) is 39.7 Å². The van der Waals surface area contributed by atoms with Crippen molar-refractivity contribution in [3.63, 3.8) is 0 Å². The summed E-state index contributed by atoms with van der Waals surface area (Å²) in [7, 11) is 2.04. The first-order valence-corrected chi connectivity index (χ1v) is 9.67. The number of hydrogen-bond acceptors (Lipinski definition) is 3. The second kappa shape index (κ2) is 9.56. The molecule has 0 bridgehead atoms. The van der Waals surface area contributed by atoms with Crippen LogP contribution in [-0.4, -0.2) is 36.1 Å². The van der Waals surface area contributed by atoms with Gasteiger partial charge in [-0.05, 0) is 63.5 Å². The van der Waals surface area contributed by atoms with Crippen LogP contribution in [0.4, 0.5) is 0 Å². The molecule has 146 valence electrons. The Labute approximate surface area is 163 Å². The molecule has 1 unspecified atom stereocenters. The normalized spacial score (nSPS) is 12.8. The van der Waals surface area contributed by atoms with Gasteiger partial charge < -0.3 is 10.4 Å². The molecular weight excluding hydrogens is 336 g/mol. The van der Waals surface area contributed by atoms with Crippen LogP contribution in [0.15, 0.2) is 54.6 Å². The standard InChI is InChI=1S/C23H32N2O2/c1-5-16-25(4)21(19-12-9-13-20(26)17-19)23(2,3)22(27)24-15-14-18-10-7-6-8-11-18/h6-13,17,21,26H,5,14-16H2,1-4H3,(H,24,27). The highest BCUT2D eigenvalue weighted by Gasteiger charge is 2.40. The van der Waals surface area contributed by atoms with Crippen molar-refractivity contribution in [3.05, 3.63) is 65.7 Å². The van der Waals surface area contributed by atoms with Crippen LogP contribution in [0, 0.1) is 5.41 Å². The van der Waals surface area contributed by atoms with E-state index in [2.05, 4.69) is 29.3 Å². The molecule has 0 saturated carbocycles. The molecule has 4 heteroatoms. The summed E-state index contributed by atoms with van der Waals surface area (Å²) in [4.78, 5) is 15.3. The van der Waals surface area contributed by atoms with Crippen LogP contribution >= 0.6 is 0 Å². The molecule has 0 saturated heterocycles. The molecule has 0 aliphatic rings. The van der Waals surface area contributed by atoms with Gasteiger partial charge in [-0.15, -0.1) is 0 Å². The highest BCUT2D eigenvalue weighted by molar-refractivity contribution is 5.83. The lowest BCUT2D eigenvalue weighted by molar-refractivity contribution is -0.133. The molecule has 0 aliphatic carbocycles. The maximum absolute atomic E-state index is 13.1. The lowest BCUT2D eigenvalue weighted by Crippen LogP contribution is -2.47. The van der Waals surface area contributed by atoms with Gasteiger partial charge in [0.2, 0.25) is 5.91 Å². The first-order valence-electron chi connectivity index (χ1n) is 9.67. The van der Waals surface area contributed by atoms with Gasteiger partial charge in [0.15, 0.2) is 0 Å². The average molecular weight is 369 g/mol. The van der Waals surface area contributed by atoms with Crippen molar-refractivity contribution in [1.82, 2.24) is 10.2 Å². The van der Waals surface area contributed by atoms with Gasteiger partial charge in [-0.1, -0.05) is 49.4 Å². The molecule has 0 fully saturated rings. The Hall–Kier alpha value is -2.33. The van der Waals surface area contributed by atoms with Crippen LogP contribution in [0.3, 0.4) is 0 Å². The summed E-state index contributed by atoms with van der Waals surface area (Å²) in [5.74, 6) is 0.248. The Kier molecular flexibility index (Phi) is 7.43. The van der Waals surface area contributed by atoms with Crippen LogP contribution in [0.1, 0.15) is 44.4 Å². The van der Waals surface area contributed by atoms with Crippen LogP contribution < -0.4 is 5.32 Å². The van der Waals surface area contributed by atoms with E-state index >= 15 is 0 Å². The van der Waals surface area contributed by atoms with E-state index in [1.807, 2.05) is 51.2 Å². The zero-order chi connectivity index (χ0) is 19.9. The maximum Gasteiger partial charge on any atom is 0.227 e. The third-order valence-electron chi connectivity index (χ3n) is 5.01. The lowest BCUT2D eigenvalue weighted by Gasteiger charge is -2.39. The summed E-state index contributed by atoms with van der Waals surface area (Å²) in [5.41, 5.74) is 1.52. The highest BCUT2D eigenvalue weighted by atomic mass is 16.3. The number of hydrogen-bond donors (Lipinski definition) is 2. The van der Waals surface area contributed by atoms with E-state index in [4.69, 9.17) is 0 Å².